The van der Waals surface area contributed by atoms with Gasteiger partial charge in [-0.15, -0.1) is 0 Å². The average molecular weight is 321 g/mol. The Bertz CT molecular complexity index is 470. The van der Waals surface area contributed by atoms with E-state index in [1.807, 2.05) is 19.1 Å². The summed E-state index contributed by atoms with van der Waals surface area (Å²) < 4.78 is 37.8. The van der Waals surface area contributed by atoms with E-state index >= 15 is 0 Å². The van der Waals surface area contributed by atoms with E-state index < -0.39 is 12.6 Å². The molecule has 6 heteroatoms. The lowest BCUT2D eigenvalue weighted by molar-refractivity contribution is -0.138. The van der Waals surface area contributed by atoms with E-state index in [4.69, 9.17) is 11.6 Å². The van der Waals surface area contributed by atoms with Crippen LogP contribution in [0.4, 0.5) is 13.2 Å². The van der Waals surface area contributed by atoms with Crippen molar-refractivity contribution in [2.24, 2.45) is 0 Å². The van der Waals surface area contributed by atoms with Crippen LogP contribution in [0.3, 0.4) is 0 Å². The van der Waals surface area contributed by atoms with Gasteiger partial charge in [0.15, 0.2) is 0 Å². The van der Waals surface area contributed by atoms with Gasteiger partial charge in [0.2, 0.25) is 0 Å². The number of benzene rings is 1. The molecule has 0 saturated carbocycles. The van der Waals surface area contributed by atoms with Crippen molar-refractivity contribution in [2.45, 2.75) is 32.0 Å². The molecule has 1 heterocycles. The van der Waals surface area contributed by atoms with Crippen LogP contribution in [0.25, 0.3) is 0 Å². The minimum Gasteiger partial charge on any atom is -0.314 e. The van der Waals surface area contributed by atoms with Crippen molar-refractivity contribution in [3.63, 3.8) is 0 Å². The number of aryl methyl sites for hydroxylation is 1. The van der Waals surface area contributed by atoms with Crippen molar-refractivity contribution in [3.05, 3.63) is 34.3 Å². The Hall–Kier alpha value is -0.780. The Morgan fingerprint density at radius 3 is 2.52 bits per heavy atom. The summed E-state index contributed by atoms with van der Waals surface area (Å²) in [6.45, 7) is 5.04. The zero-order chi connectivity index (χ0) is 15.5. The van der Waals surface area contributed by atoms with Crippen LogP contribution in [0.5, 0.6) is 0 Å². The summed E-state index contributed by atoms with van der Waals surface area (Å²) in [7, 11) is 0. The molecule has 0 amide bonds. The smallest absolute Gasteiger partial charge is 0.314 e. The summed E-state index contributed by atoms with van der Waals surface area (Å²) in [5, 5.41) is 3.88. The molecule has 1 fully saturated rings. The van der Waals surface area contributed by atoms with Crippen molar-refractivity contribution in [1.29, 1.82) is 0 Å². The molecule has 2 rings (SSSR count). The first kappa shape index (κ1) is 16.6. The summed E-state index contributed by atoms with van der Waals surface area (Å²) >= 11 is 6.02. The highest BCUT2D eigenvalue weighted by molar-refractivity contribution is 6.31. The highest BCUT2D eigenvalue weighted by Crippen LogP contribution is 2.33. The van der Waals surface area contributed by atoms with Gasteiger partial charge in [0.05, 0.1) is 0 Å². The largest absolute Gasteiger partial charge is 0.389 e. The van der Waals surface area contributed by atoms with Gasteiger partial charge in [-0.05, 0) is 30.5 Å². The Balaban J connectivity index is 2.18. The van der Waals surface area contributed by atoms with E-state index in [-0.39, 0.29) is 12.5 Å². The second kappa shape index (κ2) is 6.99. The molecular formula is C15H20ClF3N2. The third kappa shape index (κ3) is 4.87. The van der Waals surface area contributed by atoms with Crippen molar-refractivity contribution >= 4 is 11.6 Å². The SMILES string of the molecule is Cc1cc([C@@H](CCC(F)(F)F)N2CCNCC2)ccc1Cl. The molecule has 0 bridgehead atoms. The lowest BCUT2D eigenvalue weighted by atomic mass is 9.98. The molecule has 1 aromatic carbocycles. The van der Waals surface area contributed by atoms with Crippen LogP contribution in [0.15, 0.2) is 18.2 Å². The molecule has 1 aliphatic rings. The number of piperazine rings is 1. The minimum absolute atomic E-state index is 0.0879. The summed E-state index contributed by atoms with van der Waals surface area (Å²) in [5.74, 6) is 0. The topological polar surface area (TPSA) is 15.3 Å². The van der Waals surface area contributed by atoms with Gasteiger partial charge in [-0.3, -0.25) is 4.90 Å². The molecule has 21 heavy (non-hydrogen) atoms. The maximum atomic E-state index is 12.6. The van der Waals surface area contributed by atoms with Crippen LogP contribution in [0.1, 0.15) is 30.0 Å². The fourth-order valence-electron chi connectivity index (χ4n) is 2.73. The summed E-state index contributed by atoms with van der Waals surface area (Å²) in [6, 6.07) is 5.32. The molecule has 118 valence electrons. The Morgan fingerprint density at radius 2 is 1.95 bits per heavy atom. The molecule has 0 unspecified atom stereocenters. The van der Waals surface area contributed by atoms with Gasteiger partial charge in [0.1, 0.15) is 0 Å². The normalized spacial score (nSPS) is 18.7. The van der Waals surface area contributed by atoms with Crippen LogP contribution < -0.4 is 5.32 Å². The molecule has 0 radical (unpaired) electrons. The minimum atomic E-state index is -4.12. The van der Waals surface area contributed by atoms with Crippen molar-refractivity contribution in [3.8, 4) is 0 Å². The van der Waals surface area contributed by atoms with Gasteiger partial charge in [-0.2, -0.15) is 13.2 Å². The van der Waals surface area contributed by atoms with Crippen molar-refractivity contribution in [1.82, 2.24) is 10.2 Å². The molecule has 0 aromatic heterocycles. The van der Waals surface area contributed by atoms with Gasteiger partial charge >= 0.3 is 6.18 Å². The number of alkyl halides is 3. The highest BCUT2D eigenvalue weighted by atomic mass is 35.5. The number of hydrogen-bond donors (Lipinski definition) is 1. The van der Waals surface area contributed by atoms with Crippen molar-refractivity contribution < 1.29 is 13.2 Å². The third-order valence-electron chi connectivity index (χ3n) is 3.86. The molecule has 0 spiro atoms. The van der Waals surface area contributed by atoms with Crippen LogP contribution >= 0.6 is 11.6 Å². The summed E-state index contributed by atoms with van der Waals surface area (Å²) in [4.78, 5) is 2.13. The Morgan fingerprint density at radius 1 is 1.29 bits per heavy atom. The molecule has 1 atom stereocenters. The molecule has 2 nitrogen and oxygen atoms in total. The first-order chi connectivity index (χ1) is 9.87. The fourth-order valence-corrected chi connectivity index (χ4v) is 2.85. The molecule has 1 aromatic rings. The molecule has 1 saturated heterocycles. The number of hydrogen-bond acceptors (Lipinski definition) is 2. The first-order valence-corrected chi connectivity index (χ1v) is 7.52. The molecule has 0 aliphatic carbocycles. The predicted molar refractivity (Wildman–Crippen MR) is 78.7 cm³/mol. The first-order valence-electron chi connectivity index (χ1n) is 7.14. The Labute approximate surface area is 128 Å². The summed E-state index contributed by atoms with van der Waals surface area (Å²) in [5.41, 5.74) is 1.82. The maximum Gasteiger partial charge on any atom is 0.389 e. The standard InChI is InChI=1S/C15H20ClF3N2/c1-11-10-12(2-3-13(11)16)14(4-5-15(17,18)19)21-8-6-20-7-9-21/h2-3,10,14,20H,4-9H2,1H3/t14-/m1/s1. The zero-order valence-electron chi connectivity index (χ0n) is 12.0. The van der Waals surface area contributed by atoms with E-state index in [0.29, 0.717) is 5.02 Å². The van der Waals surface area contributed by atoms with Crippen LogP contribution in [0, 0.1) is 6.92 Å². The van der Waals surface area contributed by atoms with E-state index in [1.165, 1.54) is 0 Å². The van der Waals surface area contributed by atoms with E-state index in [1.54, 1.807) is 6.07 Å². The van der Waals surface area contributed by atoms with E-state index in [9.17, 15) is 13.2 Å². The van der Waals surface area contributed by atoms with E-state index in [2.05, 4.69) is 10.2 Å². The quantitative estimate of drug-likeness (QED) is 0.904. The van der Waals surface area contributed by atoms with E-state index in [0.717, 1.165) is 37.3 Å². The van der Waals surface area contributed by atoms with Crippen LogP contribution in [0.2, 0.25) is 5.02 Å². The lowest BCUT2D eigenvalue weighted by Crippen LogP contribution is -2.45. The number of nitrogens with one attached hydrogen (secondary N) is 1. The van der Waals surface area contributed by atoms with Crippen LogP contribution in [-0.4, -0.2) is 37.3 Å². The lowest BCUT2D eigenvalue weighted by Gasteiger charge is -2.35. The third-order valence-corrected chi connectivity index (χ3v) is 4.28. The maximum absolute atomic E-state index is 12.6. The number of rotatable bonds is 4. The highest BCUT2D eigenvalue weighted by Gasteiger charge is 2.31. The molecular weight excluding hydrogens is 301 g/mol. The van der Waals surface area contributed by atoms with Gasteiger partial charge in [-0.1, -0.05) is 23.7 Å². The second-order valence-electron chi connectivity index (χ2n) is 5.46. The predicted octanol–water partition coefficient (Wildman–Crippen LogP) is 3.94. The second-order valence-corrected chi connectivity index (χ2v) is 5.87. The Kier molecular flexibility index (Phi) is 5.52. The zero-order valence-corrected chi connectivity index (χ0v) is 12.8. The monoisotopic (exact) mass is 320 g/mol. The number of halogens is 4. The summed E-state index contributed by atoms with van der Waals surface area (Å²) in [6.07, 6.45) is -4.79. The molecule has 1 aliphatic heterocycles. The van der Waals surface area contributed by atoms with Crippen LogP contribution in [-0.2, 0) is 0 Å². The average Bonchev–Trinajstić information content (AvgIpc) is 2.43. The molecule has 1 N–H and O–H groups in total. The fraction of sp³-hybridized carbons (Fsp3) is 0.600. The van der Waals surface area contributed by atoms with Crippen molar-refractivity contribution in [2.75, 3.05) is 26.2 Å². The van der Waals surface area contributed by atoms with Gasteiger partial charge in [0.25, 0.3) is 0 Å². The van der Waals surface area contributed by atoms with Gasteiger partial charge in [-0.25, -0.2) is 0 Å². The van der Waals surface area contributed by atoms with Gasteiger partial charge in [0, 0.05) is 43.7 Å². The number of nitrogens with zero attached hydrogens (tertiary/aromatic N) is 1. The van der Waals surface area contributed by atoms with Gasteiger partial charge < -0.3 is 5.32 Å².